The Kier molecular flexibility index (Phi) is 11.5. The first kappa shape index (κ1) is 37.6. The topological polar surface area (TPSA) is 156 Å². The van der Waals surface area contributed by atoms with Crippen LogP contribution in [0.1, 0.15) is 41.0 Å². The molecule has 14 nitrogen and oxygen atoms in total. The Morgan fingerprint density at radius 2 is 1.46 bits per heavy atom. The first-order valence-electron chi connectivity index (χ1n) is 16.7. The fourth-order valence-electron chi connectivity index (χ4n) is 6.35. The lowest BCUT2D eigenvalue weighted by Gasteiger charge is -2.46. The number of nitrogens with one attached hydrogen (secondary N) is 1. The summed E-state index contributed by atoms with van der Waals surface area (Å²) in [7, 11) is -4.44. The number of aryl methyl sites for hydroxylation is 2. The van der Waals surface area contributed by atoms with E-state index in [2.05, 4.69) is 20.2 Å². The summed E-state index contributed by atoms with van der Waals surface area (Å²) in [5.41, 5.74) is 5.40. The Morgan fingerprint density at radius 3 is 2.02 bits per heavy atom. The molecule has 5 rings (SSSR count). The zero-order valence-electron chi connectivity index (χ0n) is 29.6. The second kappa shape index (κ2) is 15.3. The lowest BCUT2D eigenvalue weighted by molar-refractivity contribution is 0.0953. The van der Waals surface area contributed by atoms with Gasteiger partial charge in [0, 0.05) is 51.0 Å². The highest BCUT2D eigenvalue weighted by atomic mass is 32.2. The standard InChI is InChI=1S/C34H49N9O5S2/c1-25-9-7-11-31(17-25)42(22-30-14-13-29(19-36-30)34(44)37-35)50(47,48)41-21-28(4)39(6)23-33(41)24-43(32-12-8-10-26(2)18-32)49(45,46)40-16-15-38(5)27(3)20-40/h7-14,17-19,27-28,33H,15-16,20-24,35H2,1-6H3,(H,37,44)/t27-,28-,33+/m1/s1. The van der Waals surface area contributed by atoms with Gasteiger partial charge in [0.25, 0.3) is 5.91 Å². The third kappa shape index (κ3) is 8.12. The van der Waals surface area contributed by atoms with Gasteiger partial charge in [-0.05, 0) is 89.3 Å². The van der Waals surface area contributed by atoms with Crippen molar-refractivity contribution in [2.24, 2.45) is 5.84 Å². The number of hydrogen-bond donors (Lipinski definition) is 2. The van der Waals surface area contributed by atoms with Crippen molar-refractivity contribution in [1.29, 1.82) is 0 Å². The van der Waals surface area contributed by atoms with E-state index < -0.39 is 32.4 Å². The van der Waals surface area contributed by atoms with E-state index in [1.165, 1.54) is 29.5 Å². The third-order valence-electron chi connectivity index (χ3n) is 9.68. The van der Waals surface area contributed by atoms with Gasteiger partial charge in [-0.2, -0.15) is 25.4 Å². The molecular formula is C34H49N9O5S2. The number of likely N-dealkylation sites (N-methyl/N-ethyl adjacent to an activating group) is 2. The average Bonchev–Trinajstić information content (AvgIpc) is 3.08. The van der Waals surface area contributed by atoms with Crippen molar-refractivity contribution in [3.63, 3.8) is 0 Å². The lowest BCUT2D eigenvalue weighted by Crippen LogP contribution is -2.64. The van der Waals surface area contributed by atoms with Crippen LogP contribution in [0.5, 0.6) is 0 Å². The summed E-state index contributed by atoms with van der Waals surface area (Å²) >= 11 is 0. The molecule has 1 aromatic heterocycles. The minimum Gasteiger partial charge on any atom is -0.301 e. The molecule has 1 amide bonds. The molecule has 0 bridgehead atoms. The van der Waals surface area contributed by atoms with Crippen LogP contribution in [0.15, 0.2) is 66.9 Å². The fraction of sp³-hybridized carbons (Fsp3) is 0.471. The van der Waals surface area contributed by atoms with Crippen LogP contribution >= 0.6 is 0 Å². The Morgan fingerprint density at radius 1 is 0.840 bits per heavy atom. The van der Waals surface area contributed by atoms with Crippen molar-refractivity contribution in [2.45, 2.75) is 52.4 Å². The van der Waals surface area contributed by atoms with Crippen LogP contribution < -0.4 is 19.9 Å². The van der Waals surface area contributed by atoms with E-state index >= 15 is 8.42 Å². The summed E-state index contributed by atoms with van der Waals surface area (Å²) in [6.45, 7) is 9.22. The molecule has 2 aromatic carbocycles. The molecule has 50 heavy (non-hydrogen) atoms. The van der Waals surface area contributed by atoms with Crippen LogP contribution in [-0.4, -0.2) is 118 Å². The molecule has 3 aromatic rings. The number of carbonyl (C=O) groups excluding carboxylic acids is 1. The van der Waals surface area contributed by atoms with Crippen LogP contribution in [0.3, 0.4) is 0 Å². The summed E-state index contributed by atoms with van der Waals surface area (Å²) in [6, 6.07) is 16.8. The quantitative estimate of drug-likeness (QED) is 0.171. The van der Waals surface area contributed by atoms with Crippen LogP contribution in [0.2, 0.25) is 0 Å². The second-order valence-corrected chi connectivity index (χ2v) is 17.1. The SMILES string of the molecule is Cc1cccc(N(C[C@@H]2CN(C)[C@H](C)CN2S(=O)(=O)N(Cc2ccc(C(=O)NN)cn2)c2cccc(C)c2)S(=O)(=O)N2CCN(C)[C@H](C)C2)c1. The van der Waals surface area contributed by atoms with Gasteiger partial charge in [-0.25, -0.2) is 5.84 Å². The van der Waals surface area contributed by atoms with Crippen molar-refractivity contribution >= 4 is 37.7 Å². The van der Waals surface area contributed by atoms with Crippen LogP contribution in [-0.2, 0) is 27.0 Å². The highest BCUT2D eigenvalue weighted by molar-refractivity contribution is 7.91. The molecule has 3 atom stereocenters. The molecule has 2 saturated heterocycles. The van der Waals surface area contributed by atoms with Gasteiger partial charge < -0.3 is 9.80 Å². The minimum absolute atomic E-state index is 0.0201. The maximum absolute atomic E-state index is 15.0. The van der Waals surface area contributed by atoms with E-state index in [-0.39, 0.29) is 37.3 Å². The Hall–Kier alpha value is -3.64. The van der Waals surface area contributed by atoms with Gasteiger partial charge in [0.15, 0.2) is 0 Å². The fourth-order valence-corrected chi connectivity index (χ4v) is 9.93. The van der Waals surface area contributed by atoms with E-state index in [9.17, 15) is 13.2 Å². The van der Waals surface area contributed by atoms with Crippen LogP contribution in [0.25, 0.3) is 0 Å². The predicted octanol–water partition coefficient (Wildman–Crippen LogP) is 1.95. The zero-order chi connectivity index (χ0) is 36.4. The summed E-state index contributed by atoms with van der Waals surface area (Å²) < 4.78 is 64.8. The predicted molar refractivity (Wildman–Crippen MR) is 196 cm³/mol. The smallest absolute Gasteiger partial charge is 0.301 e. The average molecular weight is 728 g/mol. The molecule has 3 heterocycles. The molecular weight excluding hydrogens is 679 g/mol. The number of hydrogen-bond acceptors (Lipinski definition) is 9. The van der Waals surface area contributed by atoms with Gasteiger partial charge in [-0.1, -0.05) is 24.3 Å². The second-order valence-electron chi connectivity index (χ2n) is 13.4. The normalized spacial score (nSPS) is 21.5. The first-order valence-corrected chi connectivity index (χ1v) is 19.5. The molecule has 2 aliphatic rings. The number of piperazine rings is 2. The van der Waals surface area contributed by atoms with E-state index in [1.807, 2.05) is 66.1 Å². The largest absolute Gasteiger partial charge is 0.304 e. The van der Waals surface area contributed by atoms with Gasteiger partial charge >= 0.3 is 20.4 Å². The number of amides is 1. The highest BCUT2D eigenvalue weighted by Crippen LogP contribution is 2.31. The Balaban J connectivity index is 1.56. The van der Waals surface area contributed by atoms with Gasteiger partial charge in [-0.15, -0.1) is 0 Å². The maximum Gasteiger partial charge on any atom is 0.304 e. The number of carbonyl (C=O) groups is 1. The lowest BCUT2D eigenvalue weighted by atomic mass is 10.1. The number of nitrogens with zero attached hydrogens (tertiary/aromatic N) is 7. The third-order valence-corrected chi connectivity index (χ3v) is 13.5. The van der Waals surface area contributed by atoms with E-state index in [1.54, 1.807) is 30.3 Å². The molecule has 0 saturated carbocycles. The molecule has 0 aliphatic carbocycles. The van der Waals surface area contributed by atoms with Crippen molar-refractivity contribution < 1.29 is 21.6 Å². The molecule has 3 N–H and O–H groups in total. The number of aromatic nitrogens is 1. The Labute approximate surface area is 296 Å². The summed E-state index contributed by atoms with van der Waals surface area (Å²) in [4.78, 5) is 20.6. The zero-order valence-corrected chi connectivity index (χ0v) is 31.2. The van der Waals surface area contributed by atoms with Gasteiger partial charge in [-0.3, -0.25) is 23.8 Å². The van der Waals surface area contributed by atoms with Crippen molar-refractivity contribution in [3.05, 3.63) is 89.2 Å². The number of nitrogen functional groups attached to an aromatic ring is 1. The first-order chi connectivity index (χ1) is 23.6. The monoisotopic (exact) mass is 727 g/mol. The van der Waals surface area contributed by atoms with Crippen molar-refractivity contribution in [1.82, 2.24) is 28.8 Å². The molecule has 2 aliphatic heterocycles. The van der Waals surface area contributed by atoms with E-state index in [4.69, 9.17) is 5.84 Å². The summed E-state index contributed by atoms with van der Waals surface area (Å²) in [6.07, 6.45) is 1.35. The molecule has 0 unspecified atom stereocenters. The molecule has 0 spiro atoms. The number of rotatable bonds is 11. The number of nitrogens with two attached hydrogens (primary N) is 1. The van der Waals surface area contributed by atoms with Gasteiger partial charge in [0.05, 0.1) is 41.8 Å². The van der Waals surface area contributed by atoms with Crippen LogP contribution in [0, 0.1) is 13.8 Å². The summed E-state index contributed by atoms with van der Waals surface area (Å²) in [5.74, 6) is 4.76. The van der Waals surface area contributed by atoms with Crippen LogP contribution in [0.4, 0.5) is 11.4 Å². The highest BCUT2D eigenvalue weighted by Gasteiger charge is 2.44. The van der Waals surface area contributed by atoms with Gasteiger partial charge in [0.1, 0.15) is 0 Å². The summed E-state index contributed by atoms with van der Waals surface area (Å²) in [5, 5.41) is 0. The Bertz CT molecular complexity index is 1880. The molecule has 2 fully saturated rings. The number of benzene rings is 2. The number of hydrazine groups is 1. The van der Waals surface area contributed by atoms with Gasteiger partial charge in [0.2, 0.25) is 0 Å². The molecule has 272 valence electrons. The maximum atomic E-state index is 15.0. The molecule has 0 radical (unpaired) electrons. The minimum atomic E-state index is -4.29. The van der Waals surface area contributed by atoms with Crippen molar-refractivity contribution in [2.75, 3.05) is 62.0 Å². The number of anilines is 2. The van der Waals surface area contributed by atoms with E-state index in [0.29, 0.717) is 43.2 Å². The van der Waals surface area contributed by atoms with Crippen molar-refractivity contribution in [3.8, 4) is 0 Å². The molecule has 16 heteroatoms. The van der Waals surface area contributed by atoms with E-state index in [0.717, 1.165) is 11.1 Å². The number of pyridine rings is 1.